The fourth-order valence-electron chi connectivity index (χ4n) is 2.02. The third-order valence-electron chi connectivity index (χ3n) is 3.11. The average Bonchev–Trinajstić information content (AvgIpc) is 2.17. The van der Waals surface area contributed by atoms with E-state index in [9.17, 15) is 9.90 Å². The van der Waals surface area contributed by atoms with Gasteiger partial charge >= 0.3 is 0 Å². The topological polar surface area (TPSA) is 37.3 Å². The minimum Gasteiger partial charge on any atom is -0.382 e. The summed E-state index contributed by atoms with van der Waals surface area (Å²) in [7, 11) is 0. The van der Waals surface area contributed by atoms with Crippen LogP contribution in [-0.2, 0) is 4.79 Å². The zero-order valence-corrected chi connectivity index (χ0v) is 9.88. The average molecular weight is 210 g/mol. The lowest BCUT2D eigenvalue weighted by Gasteiger charge is -2.27. The van der Waals surface area contributed by atoms with E-state index in [0.717, 1.165) is 25.7 Å². The van der Waals surface area contributed by atoms with Gasteiger partial charge in [0.15, 0.2) is 5.78 Å². The van der Waals surface area contributed by atoms with Crippen molar-refractivity contribution in [3.05, 3.63) is 11.6 Å². The van der Waals surface area contributed by atoms with Crippen molar-refractivity contribution in [1.82, 2.24) is 0 Å². The lowest BCUT2D eigenvalue weighted by molar-refractivity contribution is -0.138. The van der Waals surface area contributed by atoms with Gasteiger partial charge in [0.05, 0.1) is 0 Å². The molecule has 86 valence electrons. The van der Waals surface area contributed by atoms with Gasteiger partial charge in [-0.3, -0.25) is 4.79 Å². The molecule has 1 aliphatic carbocycles. The number of allylic oxidation sites excluding steroid dienone is 1. The minimum absolute atomic E-state index is 0.0414. The van der Waals surface area contributed by atoms with E-state index in [4.69, 9.17) is 0 Å². The van der Waals surface area contributed by atoms with E-state index in [1.54, 1.807) is 0 Å². The Balaban J connectivity index is 2.67. The van der Waals surface area contributed by atoms with E-state index in [1.807, 2.05) is 19.9 Å². The summed E-state index contributed by atoms with van der Waals surface area (Å²) in [5.41, 5.74) is 0.0933. The van der Waals surface area contributed by atoms with Crippen molar-refractivity contribution >= 4 is 5.78 Å². The van der Waals surface area contributed by atoms with Crippen molar-refractivity contribution in [1.29, 1.82) is 0 Å². The van der Waals surface area contributed by atoms with Crippen molar-refractivity contribution in [3.8, 4) is 0 Å². The molecule has 0 bridgehead atoms. The molecule has 2 heteroatoms. The van der Waals surface area contributed by atoms with E-state index in [2.05, 4.69) is 0 Å². The van der Waals surface area contributed by atoms with Gasteiger partial charge in [0.1, 0.15) is 5.60 Å². The van der Waals surface area contributed by atoms with E-state index >= 15 is 0 Å². The van der Waals surface area contributed by atoms with Crippen LogP contribution in [-0.4, -0.2) is 16.5 Å². The molecule has 2 nitrogen and oxygen atoms in total. The lowest BCUT2D eigenvalue weighted by Crippen LogP contribution is -2.38. The van der Waals surface area contributed by atoms with Crippen LogP contribution in [0.5, 0.6) is 0 Å². The summed E-state index contributed by atoms with van der Waals surface area (Å²) in [6.45, 7) is 3.99. The standard InChI is InChI=1S/C13H22O2/c1-11(2)8-10-13(15)9-6-4-3-5-7-12(13)14/h8,15H,3-7,9-10H2,1-2H3. The van der Waals surface area contributed by atoms with Crippen LogP contribution in [0, 0.1) is 0 Å². The van der Waals surface area contributed by atoms with Gasteiger partial charge in [-0.25, -0.2) is 0 Å². The van der Waals surface area contributed by atoms with Crippen molar-refractivity contribution in [2.45, 2.75) is 64.4 Å². The van der Waals surface area contributed by atoms with Crippen LogP contribution in [0.2, 0.25) is 0 Å². The van der Waals surface area contributed by atoms with Gasteiger partial charge in [-0.05, 0) is 26.7 Å². The summed E-state index contributed by atoms with van der Waals surface area (Å²) in [5, 5.41) is 10.3. The first-order chi connectivity index (χ1) is 7.04. The van der Waals surface area contributed by atoms with Crippen molar-refractivity contribution < 1.29 is 9.90 Å². The molecule has 0 amide bonds. The fourth-order valence-corrected chi connectivity index (χ4v) is 2.02. The highest BCUT2D eigenvalue weighted by atomic mass is 16.3. The summed E-state index contributed by atoms with van der Waals surface area (Å²) < 4.78 is 0. The van der Waals surface area contributed by atoms with Gasteiger partial charge in [-0.1, -0.05) is 30.9 Å². The molecule has 0 heterocycles. The Morgan fingerprint density at radius 2 is 2.00 bits per heavy atom. The Bertz CT molecular complexity index is 251. The molecule has 1 unspecified atom stereocenters. The molecule has 0 aromatic carbocycles. The molecule has 0 saturated heterocycles. The molecule has 0 aromatic heterocycles. The Labute approximate surface area is 92.4 Å². The number of ketones is 1. The quantitative estimate of drug-likeness (QED) is 0.711. The fraction of sp³-hybridized carbons (Fsp3) is 0.769. The summed E-state index contributed by atoms with van der Waals surface area (Å²) in [6.07, 6.45) is 7.83. The van der Waals surface area contributed by atoms with Crippen LogP contribution in [0.3, 0.4) is 0 Å². The molecular weight excluding hydrogens is 188 g/mol. The van der Waals surface area contributed by atoms with E-state index in [-0.39, 0.29) is 5.78 Å². The van der Waals surface area contributed by atoms with Gasteiger partial charge < -0.3 is 5.11 Å². The predicted octanol–water partition coefficient (Wildman–Crippen LogP) is 3.00. The monoisotopic (exact) mass is 210 g/mol. The Kier molecular flexibility index (Phi) is 4.52. The minimum atomic E-state index is -1.07. The van der Waals surface area contributed by atoms with Crippen LogP contribution in [0.15, 0.2) is 11.6 Å². The van der Waals surface area contributed by atoms with Gasteiger partial charge in [-0.2, -0.15) is 0 Å². The maximum atomic E-state index is 11.8. The molecule has 1 aliphatic rings. The van der Waals surface area contributed by atoms with Crippen molar-refractivity contribution in [3.63, 3.8) is 0 Å². The van der Waals surface area contributed by atoms with E-state index < -0.39 is 5.60 Å². The summed E-state index contributed by atoms with van der Waals surface area (Å²) in [5.74, 6) is 0.0414. The number of aliphatic hydroxyl groups is 1. The molecule has 1 saturated carbocycles. The molecule has 0 aromatic rings. The number of carbonyl (C=O) groups excluding carboxylic acids is 1. The highest BCUT2D eigenvalue weighted by molar-refractivity contribution is 5.87. The molecule has 0 spiro atoms. The van der Waals surface area contributed by atoms with Crippen molar-refractivity contribution in [2.24, 2.45) is 0 Å². The molecule has 1 atom stereocenters. The normalized spacial score (nSPS) is 28.1. The third-order valence-corrected chi connectivity index (χ3v) is 3.11. The smallest absolute Gasteiger partial charge is 0.164 e. The number of hydrogen-bond acceptors (Lipinski definition) is 2. The van der Waals surface area contributed by atoms with E-state index in [1.165, 1.54) is 5.57 Å². The molecule has 1 N–H and O–H groups in total. The van der Waals surface area contributed by atoms with Crippen LogP contribution < -0.4 is 0 Å². The first-order valence-corrected chi connectivity index (χ1v) is 5.94. The first-order valence-electron chi connectivity index (χ1n) is 5.94. The zero-order chi connectivity index (χ0) is 11.3. The van der Waals surface area contributed by atoms with Gasteiger partial charge in [0, 0.05) is 12.8 Å². The third kappa shape index (κ3) is 3.78. The van der Waals surface area contributed by atoms with Gasteiger partial charge in [-0.15, -0.1) is 0 Å². The van der Waals surface area contributed by atoms with Crippen LogP contribution in [0.25, 0.3) is 0 Å². The first kappa shape index (κ1) is 12.4. The zero-order valence-electron chi connectivity index (χ0n) is 9.88. The van der Waals surface area contributed by atoms with Crippen LogP contribution in [0.1, 0.15) is 58.8 Å². The predicted molar refractivity (Wildman–Crippen MR) is 61.7 cm³/mol. The molecule has 0 aliphatic heterocycles. The second kappa shape index (κ2) is 5.45. The number of Topliss-reactive ketones (excluding diaryl/α,β-unsaturated/α-hetero) is 1. The maximum absolute atomic E-state index is 11.8. The summed E-state index contributed by atoms with van der Waals surface area (Å²) >= 11 is 0. The van der Waals surface area contributed by atoms with Crippen molar-refractivity contribution in [2.75, 3.05) is 0 Å². The van der Waals surface area contributed by atoms with E-state index in [0.29, 0.717) is 19.3 Å². The Morgan fingerprint density at radius 3 is 2.67 bits per heavy atom. The highest BCUT2D eigenvalue weighted by Gasteiger charge is 2.34. The second-order valence-corrected chi connectivity index (χ2v) is 4.85. The molecule has 1 fully saturated rings. The highest BCUT2D eigenvalue weighted by Crippen LogP contribution is 2.27. The molecular formula is C13H22O2. The SMILES string of the molecule is CC(C)=CCC1(O)CCCCCCC1=O. The Morgan fingerprint density at radius 1 is 1.33 bits per heavy atom. The summed E-state index contributed by atoms with van der Waals surface area (Å²) in [6, 6.07) is 0. The molecule has 15 heavy (non-hydrogen) atoms. The van der Waals surface area contributed by atoms with Crippen LogP contribution >= 0.6 is 0 Å². The number of hydrogen-bond donors (Lipinski definition) is 1. The second-order valence-electron chi connectivity index (χ2n) is 4.85. The van der Waals surface area contributed by atoms with Gasteiger partial charge in [0.25, 0.3) is 0 Å². The lowest BCUT2D eigenvalue weighted by atomic mass is 9.83. The van der Waals surface area contributed by atoms with Crippen LogP contribution in [0.4, 0.5) is 0 Å². The molecule has 0 radical (unpaired) electrons. The number of carbonyl (C=O) groups is 1. The molecule has 1 rings (SSSR count). The largest absolute Gasteiger partial charge is 0.382 e. The number of rotatable bonds is 2. The maximum Gasteiger partial charge on any atom is 0.164 e. The van der Waals surface area contributed by atoms with Gasteiger partial charge in [0.2, 0.25) is 0 Å². The Hall–Kier alpha value is -0.630. The summed E-state index contributed by atoms with van der Waals surface area (Å²) in [4.78, 5) is 11.8.